The Bertz CT molecular complexity index is 1060. The summed E-state index contributed by atoms with van der Waals surface area (Å²) < 4.78 is 28.3. The van der Waals surface area contributed by atoms with E-state index < -0.39 is 10.0 Å². The van der Waals surface area contributed by atoms with Gasteiger partial charge in [0.05, 0.1) is 10.9 Å². The molecular weight excluding hydrogens is 372 g/mol. The summed E-state index contributed by atoms with van der Waals surface area (Å²) >= 11 is 0. The summed E-state index contributed by atoms with van der Waals surface area (Å²) in [4.78, 5) is 12.7. The van der Waals surface area contributed by atoms with Crippen LogP contribution >= 0.6 is 0 Å². The Hall–Kier alpha value is -2.86. The minimum absolute atomic E-state index is 0. The number of benzene rings is 2. The molecule has 0 heterocycles. The first-order valence-electron chi connectivity index (χ1n) is 8.97. The zero-order valence-corrected chi connectivity index (χ0v) is 16.9. The fourth-order valence-corrected chi connectivity index (χ4v) is 4.25. The van der Waals surface area contributed by atoms with E-state index in [0.29, 0.717) is 23.2 Å². The van der Waals surface area contributed by atoms with Gasteiger partial charge in [-0.05, 0) is 57.0 Å². The second-order valence-corrected chi connectivity index (χ2v) is 8.58. The van der Waals surface area contributed by atoms with Crippen molar-refractivity contribution in [1.29, 1.82) is 0 Å². The molecule has 2 aromatic carbocycles. The molecule has 0 fully saturated rings. The van der Waals surface area contributed by atoms with E-state index in [0.717, 1.165) is 17.2 Å². The van der Waals surface area contributed by atoms with Crippen molar-refractivity contribution in [2.24, 2.45) is 0 Å². The average molecular weight is 400 g/mol. The van der Waals surface area contributed by atoms with E-state index in [1.807, 2.05) is 44.2 Å². The molecule has 2 N–H and O–H groups in total. The maximum Gasteiger partial charge on any atom is 0.262 e. The van der Waals surface area contributed by atoms with Gasteiger partial charge in [-0.25, -0.2) is 8.42 Å². The van der Waals surface area contributed by atoms with Gasteiger partial charge in [0.15, 0.2) is 0 Å². The van der Waals surface area contributed by atoms with Crippen LogP contribution in [0.5, 0.6) is 0 Å². The topological polar surface area (TPSA) is 75.3 Å². The van der Waals surface area contributed by atoms with E-state index in [2.05, 4.69) is 10.0 Å². The molecule has 149 valence electrons. The largest absolute Gasteiger partial charge is 0.340 e. The minimum atomic E-state index is -3.81. The van der Waals surface area contributed by atoms with Gasteiger partial charge in [0.1, 0.15) is 0 Å². The van der Waals surface area contributed by atoms with Crippen molar-refractivity contribution in [2.75, 3.05) is 4.72 Å². The van der Waals surface area contributed by atoms with Gasteiger partial charge >= 0.3 is 0 Å². The van der Waals surface area contributed by atoms with Crippen molar-refractivity contribution in [2.45, 2.75) is 32.1 Å². The number of nitrogens with one attached hydrogen (secondary N) is 2. The van der Waals surface area contributed by atoms with E-state index in [4.69, 9.17) is 0 Å². The summed E-state index contributed by atoms with van der Waals surface area (Å²) in [6.45, 7) is 5.59. The molecule has 0 aliphatic heterocycles. The third-order valence-corrected chi connectivity index (χ3v) is 5.96. The van der Waals surface area contributed by atoms with Crippen molar-refractivity contribution < 1.29 is 16.1 Å². The van der Waals surface area contributed by atoms with Gasteiger partial charge in [0, 0.05) is 14.1 Å². The summed E-state index contributed by atoms with van der Waals surface area (Å²) in [6.07, 6.45) is 6.50. The lowest BCUT2D eigenvalue weighted by molar-refractivity contribution is 0.0958. The predicted octanol–water partition coefficient (Wildman–Crippen LogP) is 4.76. The average Bonchev–Trinajstić information content (AvgIpc) is 2.63. The Morgan fingerprint density at radius 3 is 2.43 bits per heavy atom. The van der Waals surface area contributed by atoms with Crippen molar-refractivity contribution in [1.82, 2.24) is 5.32 Å². The Labute approximate surface area is 169 Å². The number of hydrogen-bond acceptors (Lipinski definition) is 3. The zero-order valence-electron chi connectivity index (χ0n) is 16.1. The molecule has 2 aromatic rings. The lowest BCUT2D eigenvalue weighted by Crippen LogP contribution is -2.28. The van der Waals surface area contributed by atoms with Crippen LogP contribution in [0.3, 0.4) is 0 Å². The quantitative estimate of drug-likeness (QED) is 0.761. The second-order valence-electron chi connectivity index (χ2n) is 6.93. The Balaban J connectivity index is 0.00000225. The lowest BCUT2D eigenvalue weighted by atomic mass is 10.0. The van der Waals surface area contributed by atoms with Crippen LogP contribution < -0.4 is 10.0 Å². The molecule has 1 amide bonds. The lowest BCUT2D eigenvalue weighted by Gasteiger charge is -2.17. The molecule has 6 heteroatoms. The summed E-state index contributed by atoms with van der Waals surface area (Å²) in [5.41, 5.74) is 3.43. The number of aryl methyl sites for hydroxylation is 2. The first-order chi connectivity index (χ1) is 13.2. The molecule has 0 aromatic heterocycles. The highest BCUT2D eigenvalue weighted by Crippen LogP contribution is 2.22. The van der Waals surface area contributed by atoms with Gasteiger partial charge in [-0.3, -0.25) is 9.52 Å². The Morgan fingerprint density at radius 2 is 1.75 bits per heavy atom. The highest BCUT2D eigenvalue weighted by molar-refractivity contribution is 7.92. The number of rotatable bonds is 5. The number of anilines is 1. The molecule has 0 saturated heterocycles. The van der Waals surface area contributed by atoms with Crippen LogP contribution in [-0.4, -0.2) is 14.3 Å². The summed E-state index contributed by atoms with van der Waals surface area (Å²) in [5, 5.41) is 2.85. The molecule has 1 aliphatic rings. The number of hydrogen-bond donors (Lipinski definition) is 2. The van der Waals surface area contributed by atoms with Crippen molar-refractivity contribution >= 4 is 21.6 Å². The number of allylic oxidation sites excluding steroid dienone is 2. The van der Waals surface area contributed by atoms with Crippen molar-refractivity contribution in [3.8, 4) is 0 Å². The maximum atomic E-state index is 12.8. The van der Waals surface area contributed by atoms with Gasteiger partial charge < -0.3 is 5.32 Å². The molecular formula is C22H27N2O3S. The summed E-state index contributed by atoms with van der Waals surface area (Å²) in [5.74, 6) is -0.332. The Kier molecular flexibility index (Phi) is 5.70. The predicted molar refractivity (Wildman–Crippen MR) is 116 cm³/mol. The molecule has 0 unspecified atom stereocenters. The van der Waals surface area contributed by atoms with Crippen LogP contribution in [0.1, 0.15) is 37.7 Å². The zero-order chi connectivity index (χ0) is 20.3. The SMILES string of the molecule is CC1=C[C](NC(=O)c2ccc(C)c(S(=O)(=O)Nc3ccc(C)cc3)c2)CC=C1.[HH].[HH]. The molecule has 0 saturated carbocycles. The normalized spacial score (nSPS) is 14.5. The molecule has 1 aliphatic carbocycles. The Morgan fingerprint density at radius 1 is 1.04 bits per heavy atom. The monoisotopic (exact) mass is 399 g/mol. The van der Waals surface area contributed by atoms with Crippen molar-refractivity contribution in [3.05, 3.63) is 89.0 Å². The van der Waals surface area contributed by atoms with Gasteiger partial charge in [-0.1, -0.05) is 47.6 Å². The molecule has 0 atom stereocenters. The number of amides is 1. The minimum Gasteiger partial charge on any atom is -0.340 e. The van der Waals surface area contributed by atoms with Crippen LogP contribution in [-0.2, 0) is 10.0 Å². The summed E-state index contributed by atoms with van der Waals surface area (Å²) in [6, 6.07) is 12.6. The van der Waals surface area contributed by atoms with Crippen LogP contribution in [0.4, 0.5) is 5.69 Å². The van der Waals surface area contributed by atoms with Crippen LogP contribution in [0, 0.1) is 19.9 Å². The third-order valence-electron chi connectivity index (χ3n) is 4.44. The van der Waals surface area contributed by atoms with Crippen LogP contribution in [0.2, 0.25) is 0 Å². The van der Waals surface area contributed by atoms with Gasteiger partial charge in [-0.2, -0.15) is 0 Å². The van der Waals surface area contributed by atoms with E-state index in [1.54, 1.807) is 31.2 Å². The fraction of sp³-hybridized carbons (Fsp3) is 0.182. The molecule has 3 rings (SSSR count). The second kappa shape index (κ2) is 8.02. The van der Waals surface area contributed by atoms with Crippen LogP contribution in [0.15, 0.2) is 71.2 Å². The smallest absolute Gasteiger partial charge is 0.262 e. The molecule has 0 spiro atoms. The first kappa shape index (κ1) is 19.9. The number of carbonyl (C=O) groups excluding carboxylic acids is 1. The van der Waals surface area contributed by atoms with Crippen molar-refractivity contribution in [3.63, 3.8) is 0 Å². The van der Waals surface area contributed by atoms with Gasteiger partial charge in [-0.15, -0.1) is 0 Å². The molecule has 28 heavy (non-hydrogen) atoms. The van der Waals surface area contributed by atoms with Gasteiger partial charge in [0.25, 0.3) is 15.9 Å². The molecule has 1 radical (unpaired) electrons. The third kappa shape index (κ3) is 4.70. The van der Waals surface area contributed by atoms with E-state index in [-0.39, 0.29) is 13.7 Å². The molecule has 0 bridgehead atoms. The standard InChI is InChI=1S/C22H23N2O3S.2H2/c1-15-7-11-19(12-8-15)24-28(26,27)21-14-18(10-9-17(21)3)22(25)23-20-6-4-5-16(2)13-20;;/h4-5,7-14,24H,6H2,1-3H3,(H,23,25);2*1H. The number of carbonyl (C=O) groups is 1. The van der Waals surface area contributed by atoms with Gasteiger partial charge in [0.2, 0.25) is 0 Å². The first-order valence-corrected chi connectivity index (χ1v) is 10.4. The van der Waals surface area contributed by atoms with E-state index >= 15 is 0 Å². The fourth-order valence-electron chi connectivity index (χ4n) is 2.92. The molecule has 5 nitrogen and oxygen atoms in total. The highest BCUT2D eigenvalue weighted by Gasteiger charge is 2.20. The number of sulfonamides is 1. The maximum absolute atomic E-state index is 12.8. The van der Waals surface area contributed by atoms with E-state index in [9.17, 15) is 13.2 Å². The highest BCUT2D eigenvalue weighted by atomic mass is 32.2. The van der Waals surface area contributed by atoms with Crippen LogP contribution in [0.25, 0.3) is 0 Å². The van der Waals surface area contributed by atoms with E-state index in [1.165, 1.54) is 6.07 Å². The summed E-state index contributed by atoms with van der Waals surface area (Å²) in [7, 11) is -3.81.